The van der Waals surface area contributed by atoms with E-state index in [2.05, 4.69) is 6.92 Å². The standard InChI is InChI=1S/C26H36O7/c1-15(27)33-17-12-21(28)24(3)19-6-9-23(2)18(16-4-5-22(29)32-14-16)8-11-26(23,31)20(19)7-10-25(24,30)13-17/h4-5,14,17-21,28,30-31H,6-13H2,1-3H3/t17-,18+,19-,20+,21+,23+,24-,25-,26-/m0/s1. The first-order valence-corrected chi connectivity index (χ1v) is 12.3. The first-order chi connectivity index (χ1) is 15.4. The van der Waals surface area contributed by atoms with Gasteiger partial charge in [0.15, 0.2) is 0 Å². The van der Waals surface area contributed by atoms with E-state index in [0.29, 0.717) is 32.1 Å². The molecule has 0 unspecified atom stereocenters. The van der Waals surface area contributed by atoms with Crippen molar-refractivity contribution in [2.75, 3.05) is 0 Å². The van der Waals surface area contributed by atoms with Crippen molar-refractivity contribution in [3.63, 3.8) is 0 Å². The third kappa shape index (κ3) is 3.04. The predicted molar refractivity (Wildman–Crippen MR) is 119 cm³/mol. The Labute approximate surface area is 194 Å². The second-order valence-corrected chi connectivity index (χ2v) is 11.6. The predicted octanol–water partition coefficient (Wildman–Crippen LogP) is 2.90. The van der Waals surface area contributed by atoms with Crippen LogP contribution < -0.4 is 5.63 Å². The minimum absolute atomic E-state index is 0.0324. The summed E-state index contributed by atoms with van der Waals surface area (Å²) in [6.07, 6.45) is 5.00. The molecule has 0 saturated heterocycles. The van der Waals surface area contributed by atoms with Gasteiger partial charge in [0, 0.05) is 36.7 Å². The summed E-state index contributed by atoms with van der Waals surface area (Å²) >= 11 is 0. The number of fused-ring (bicyclic) bond motifs is 5. The maximum absolute atomic E-state index is 12.3. The average molecular weight is 461 g/mol. The van der Waals surface area contributed by atoms with Crippen molar-refractivity contribution in [1.29, 1.82) is 0 Å². The van der Waals surface area contributed by atoms with E-state index >= 15 is 0 Å². The van der Waals surface area contributed by atoms with E-state index < -0.39 is 34.8 Å². The van der Waals surface area contributed by atoms with E-state index in [-0.39, 0.29) is 28.8 Å². The Morgan fingerprint density at radius 3 is 2.48 bits per heavy atom. The molecular formula is C26H36O7. The van der Waals surface area contributed by atoms with Crippen molar-refractivity contribution in [3.8, 4) is 0 Å². The summed E-state index contributed by atoms with van der Waals surface area (Å²) in [6.45, 7) is 5.49. The molecule has 4 saturated carbocycles. The van der Waals surface area contributed by atoms with Gasteiger partial charge in [0.05, 0.1) is 23.6 Å². The van der Waals surface area contributed by atoms with Gasteiger partial charge in [-0.2, -0.15) is 0 Å². The summed E-state index contributed by atoms with van der Waals surface area (Å²) < 4.78 is 10.5. The number of carbonyl (C=O) groups excluding carboxylic acids is 1. The molecule has 4 aliphatic rings. The number of hydrogen-bond acceptors (Lipinski definition) is 7. The lowest BCUT2D eigenvalue weighted by Crippen LogP contribution is -2.71. The highest BCUT2D eigenvalue weighted by Crippen LogP contribution is 2.71. The van der Waals surface area contributed by atoms with Crippen LogP contribution in [0.5, 0.6) is 0 Å². The van der Waals surface area contributed by atoms with Crippen LogP contribution in [0.3, 0.4) is 0 Å². The fraction of sp³-hybridized carbons (Fsp3) is 0.769. The number of aliphatic hydroxyl groups excluding tert-OH is 1. The SMILES string of the molecule is CC(=O)O[C@H]1C[C@@H](O)[C@]2(C)[C@H]3CC[C@]4(C)[C@@H](c5ccc(=O)oc5)CC[C@]4(O)[C@@H]3CC[C@]2(O)C1. The fourth-order valence-electron chi connectivity index (χ4n) is 8.68. The molecule has 4 fully saturated rings. The summed E-state index contributed by atoms with van der Waals surface area (Å²) in [5, 5.41) is 35.4. The summed E-state index contributed by atoms with van der Waals surface area (Å²) in [4.78, 5) is 23.0. The zero-order valence-corrected chi connectivity index (χ0v) is 19.8. The Morgan fingerprint density at radius 2 is 1.82 bits per heavy atom. The van der Waals surface area contributed by atoms with Gasteiger partial charge in [0.1, 0.15) is 6.10 Å². The molecule has 0 amide bonds. The second kappa shape index (κ2) is 7.40. The van der Waals surface area contributed by atoms with Gasteiger partial charge in [0.2, 0.25) is 0 Å². The highest BCUT2D eigenvalue weighted by atomic mass is 16.5. The molecule has 5 rings (SSSR count). The highest BCUT2D eigenvalue weighted by molar-refractivity contribution is 5.66. The number of carbonyl (C=O) groups is 1. The van der Waals surface area contributed by atoms with Gasteiger partial charge in [-0.1, -0.05) is 13.8 Å². The third-order valence-corrected chi connectivity index (χ3v) is 10.5. The molecule has 3 N–H and O–H groups in total. The molecule has 0 spiro atoms. The monoisotopic (exact) mass is 460 g/mol. The Morgan fingerprint density at radius 1 is 1.09 bits per heavy atom. The first kappa shape index (κ1) is 23.1. The molecule has 7 heteroatoms. The summed E-state index contributed by atoms with van der Waals surface area (Å²) in [5.41, 5.74) is -2.64. The molecule has 0 radical (unpaired) electrons. The van der Waals surface area contributed by atoms with Crippen LogP contribution in [-0.4, -0.2) is 44.7 Å². The number of esters is 1. The lowest BCUT2D eigenvalue weighted by molar-refractivity contribution is -0.282. The van der Waals surface area contributed by atoms with Crippen LogP contribution in [0.2, 0.25) is 0 Å². The molecule has 0 aliphatic heterocycles. The van der Waals surface area contributed by atoms with Crippen LogP contribution in [-0.2, 0) is 9.53 Å². The lowest BCUT2D eigenvalue weighted by Gasteiger charge is -2.67. The van der Waals surface area contributed by atoms with Crippen molar-refractivity contribution in [1.82, 2.24) is 0 Å². The zero-order valence-electron chi connectivity index (χ0n) is 19.8. The molecule has 4 aliphatic carbocycles. The molecular weight excluding hydrogens is 424 g/mol. The van der Waals surface area contributed by atoms with Crippen LogP contribution in [0, 0.1) is 22.7 Å². The first-order valence-electron chi connectivity index (χ1n) is 12.3. The average Bonchev–Trinajstić information content (AvgIpc) is 3.01. The summed E-state index contributed by atoms with van der Waals surface area (Å²) in [7, 11) is 0. The van der Waals surface area contributed by atoms with Crippen molar-refractivity contribution in [2.24, 2.45) is 22.7 Å². The summed E-state index contributed by atoms with van der Waals surface area (Å²) in [5.74, 6) is -0.382. The second-order valence-electron chi connectivity index (χ2n) is 11.6. The van der Waals surface area contributed by atoms with E-state index in [1.807, 2.05) is 13.0 Å². The molecule has 1 aromatic rings. The molecule has 1 heterocycles. The molecule has 1 aromatic heterocycles. The highest BCUT2D eigenvalue weighted by Gasteiger charge is 2.71. The molecule has 0 bridgehead atoms. The maximum Gasteiger partial charge on any atom is 0.335 e. The van der Waals surface area contributed by atoms with E-state index in [1.54, 1.807) is 0 Å². The van der Waals surface area contributed by atoms with Gasteiger partial charge in [-0.3, -0.25) is 4.79 Å². The molecule has 0 aromatic carbocycles. The van der Waals surface area contributed by atoms with E-state index in [0.717, 1.165) is 24.8 Å². The van der Waals surface area contributed by atoms with Crippen LogP contribution >= 0.6 is 0 Å². The van der Waals surface area contributed by atoms with Crippen molar-refractivity contribution in [2.45, 2.75) is 101 Å². The maximum atomic E-state index is 12.3. The largest absolute Gasteiger partial charge is 0.462 e. The van der Waals surface area contributed by atoms with Crippen LogP contribution in [0.1, 0.15) is 83.6 Å². The number of ether oxygens (including phenoxy) is 1. The molecule has 182 valence electrons. The Hall–Kier alpha value is -1.70. The van der Waals surface area contributed by atoms with Crippen molar-refractivity contribution in [3.05, 3.63) is 34.4 Å². The lowest BCUT2D eigenvalue weighted by atomic mass is 9.41. The number of aliphatic hydroxyl groups is 3. The zero-order chi connectivity index (χ0) is 23.8. The Bertz CT molecular complexity index is 984. The van der Waals surface area contributed by atoms with Crippen molar-refractivity contribution < 1.29 is 29.3 Å². The van der Waals surface area contributed by atoms with Gasteiger partial charge in [-0.25, -0.2) is 4.79 Å². The molecule has 33 heavy (non-hydrogen) atoms. The summed E-state index contributed by atoms with van der Waals surface area (Å²) in [6, 6.07) is 3.27. The third-order valence-electron chi connectivity index (χ3n) is 10.5. The minimum atomic E-state index is -1.14. The van der Waals surface area contributed by atoms with E-state index in [4.69, 9.17) is 9.15 Å². The Balaban J connectivity index is 1.47. The minimum Gasteiger partial charge on any atom is -0.462 e. The number of rotatable bonds is 2. The topological polar surface area (TPSA) is 117 Å². The molecule has 7 nitrogen and oxygen atoms in total. The Kier molecular flexibility index (Phi) is 5.17. The quantitative estimate of drug-likeness (QED) is 0.581. The van der Waals surface area contributed by atoms with Gasteiger partial charge in [-0.05, 0) is 67.9 Å². The van der Waals surface area contributed by atoms with Gasteiger partial charge in [-0.15, -0.1) is 0 Å². The number of hydrogen-bond donors (Lipinski definition) is 3. The van der Waals surface area contributed by atoms with E-state index in [9.17, 15) is 24.9 Å². The van der Waals surface area contributed by atoms with Gasteiger partial charge in [0.25, 0.3) is 0 Å². The van der Waals surface area contributed by atoms with E-state index in [1.165, 1.54) is 19.3 Å². The van der Waals surface area contributed by atoms with Crippen LogP contribution in [0.15, 0.2) is 27.6 Å². The van der Waals surface area contributed by atoms with Gasteiger partial charge < -0.3 is 24.5 Å². The molecule has 9 atom stereocenters. The van der Waals surface area contributed by atoms with Crippen LogP contribution in [0.25, 0.3) is 0 Å². The van der Waals surface area contributed by atoms with Crippen molar-refractivity contribution >= 4 is 5.97 Å². The van der Waals surface area contributed by atoms with Gasteiger partial charge >= 0.3 is 11.6 Å². The fourth-order valence-corrected chi connectivity index (χ4v) is 8.68. The van der Waals surface area contributed by atoms with Crippen LogP contribution in [0.4, 0.5) is 0 Å². The smallest absolute Gasteiger partial charge is 0.335 e. The normalized spacial score (nSPS) is 49.0.